The second kappa shape index (κ2) is 4.57. The molecule has 1 rings (SSSR count). The summed E-state index contributed by atoms with van der Waals surface area (Å²) >= 11 is 0. The predicted molar refractivity (Wildman–Crippen MR) is 55.0 cm³/mol. The molecular formula is C11H15F2NO. The quantitative estimate of drug-likeness (QED) is 0.837. The molecule has 0 aliphatic rings. The highest BCUT2D eigenvalue weighted by molar-refractivity contribution is 5.29. The lowest BCUT2D eigenvalue weighted by molar-refractivity contribution is -0.0498. The molecule has 0 bridgehead atoms. The fourth-order valence-corrected chi connectivity index (χ4v) is 1.36. The number of benzene rings is 1. The minimum atomic E-state index is -2.79. The molecule has 0 atom stereocenters. The zero-order valence-electron chi connectivity index (χ0n) is 8.84. The molecule has 1 aromatic rings. The van der Waals surface area contributed by atoms with Crippen LogP contribution >= 0.6 is 0 Å². The summed E-state index contributed by atoms with van der Waals surface area (Å²) in [5, 5.41) is 0. The van der Waals surface area contributed by atoms with Crippen LogP contribution in [-0.4, -0.2) is 12.2 Å². The Kier molecular flexibility index (Phi) is 3.63. The Hall–Kier alpha value is -1.16. The number of hydrogen-bond acceptors (Lipinski definition) is 2. The van der Waals surface area contributed by atoms with Crippen molar-refractivity contribution in [3.63, 3.8) is 0 Å². The van der Waals surface area contributed by atoms with Crippen LogP contribution in [0.1, 0.15) is 19.4 Å². The molecule has 15 heavy (non-hydrogen) atoms. The van der Waals surface area contributed by atoms with Crippen molar-refractivity contribution >= 4 is 0 Å². The third-order valence-corrected chi connectivity index (χ3v) is 1.78. The maximum atomic E-state index is 11.9. The van der Waals surface area contributed by atoms with Crippen LogP contribution in [0.4, 0.5) is 8.78 Å². The van der Waals surface area contributed by atoms with E-state index in [4.69, 9.17) is 5.73 Å². The van der Waals surface area contributed by atoms with Crippen molar-refractivity contribution in [3.05, 3.63) is 29.8 Å². The van der Waals surface area contributed by atoms with Crippen molar-refractivity contribution in [2.75, 3.05) is 0 Å². The first-order chi connectivity index (χ1) is 6.87. The zero-order valence-corrected chi connectivity index (χ0v) is 8.84. The first-order valence-electron chi connectivity index (χ1n) is 4.69. The van der Waals surface area contributed by atoms with Gasteiger partial charge in [-0.05, 0) is 38.0 Å². The standard InChI is InChI=1S/C11H15F2NO/c1-11(2,14)7-8-4-3-5-9(6-8)15-10(12)13/h3-6,10H,7,14H2,1-2H3. The van der Waals surface area contributed by atoms with E-state index in [2.05, 4.69) is 4.74 Å². The van der Waals surface area contributed by atoms with Crippen LogP contribution in [0.25, 0.3) is 0 Å². The van der Waals surface area contributed by atoms with Crippen molar-refractivity contribution < 1.29 is 13.5 Å². The van der Waals surface area contributed by atoms with Crippen LogP contribution in [0.15, 0.2) is 24.3 Å². The van der Waals surface area contributed by atoms with Crippen molar-refractivity contribution in [1.82, 2.24) is 0 Å². The molecule has 0 spiro atoms. The van der Waals surface area contributed by atoms with E-state index in [1.807, 2.05) is 19.9 Å². The van der Waals surface area contributed by atoms with Crippen LogP contribution < -0.4 is 10.5 Å². The number of halogens is 2. The Morgan fingerprint density at radius 2 is 2.07 bits per heavy atom. The molecule has 84 valence electrons. The topological polar surface area (TPSA) is 35.2 Å². The van der Waals surface area contributed by atoms with Crippen molar-refractivity contribution in [2.24, 2.45) is 5.73 Å². The van der Waals surface area contributed by atoms with Gasteiger partial charge in [-0.3, -0.25) is 0 Å². The number of rotatable bonds is 4. The molecule has 0 unspecified atom stereocenters. The molecule has 0 aliphatic carbocycles. The van der Waals surface area contributed by atoms with Gasteiger partial charge in [-0.1, -0.05) is 12.1 Å². The summed E-state index contributed by atoms with van der Waals surface area (Å²) < 4.78 is 28.2. The summed E-state index contributed by atoms with van der Waals surface area (Å²) in [5.41, 5.74) is 6.36. The maximum absolute atomic E-state index is 11.9. The summed E-state index contributed by atoms with van der Waals surface area (Å²) in [6.45, 7) is 0.979. The van der Waals surface area contributed by atoms with Gasteiger partial charge >= 0.3 is 6.61 Å². The van der Waals surface area contributed by atoms with Gasteiger partial charge in [0.15, 0.2) is 0 Å². The van der Waals surface area contributed by atoms with Gasteiger partial charge in [0.2, 0.25) is 0 Å². The minimum Gasteiger partial charge on any atom is -0.435 e. The largest absolute Gasteiger partial charge is 0.435 e. The van der Waals surface area contributed by atoms with Gasteiger partial charge in [-0.15, -0.1) is 0 Å². The van der Waals surface area contributed by atoms with Gasteiger partial charge in [0.1, 0.15) is 5.75 Å². The smallest absolute Gasteiger partial charge is 0.387 e. The number of hydrogen-bond donors (Lipinski definition) is 1. The molecule has 0 heterocycles. The number of ether oxygens (including phenoxy) is 1. The molecule has 0 aliphatic heterocycles. The number of alkyl halides is 2. The van der Waals surface area contributed by atoms with Crippen molar-refractivity contribution in [3.8, 4) is 5.75 Å². The van der Waals surface area contributed by atoms with Gasteiger partial charge in [0.05, 0.1) is 0 Å². The number of nitrogens with two attached hydrogens (primary N) is 1. The van der Waals surface area contributed by atoms with E-state index in [-0.39, 0.29) is 11.3 Å². The molecule has 0 aromatic heterocycles. The van der Waals surface area contributed by atoms with E-state index in [1.165, 1.54) is 6.07 Å². The van der Waals surface area contributed by atoms with E-state index >= 15 is 0 Å². The monoisotopic (exact) mass is 215 g/mol. The van der Waals surface area contributed by atoms with Crippen LogP contribution in [0.2, 0.25) is 0 Å². The second-order valence-corrected chi connectivity index (χ2v) is 4.19. The fraction of sp³-hybridized carbons (Fsp3) is 0.455. The van der Waals surface area contributed by atoms with Gasteiger partial charge < -0.3 is 10.5 Å². The highest BCUT2D eigenvalue weighted by atomic mass is 19.3. The molecule has 0 fully saturated rings. The normalized spacial score (nSPS) is 11.9. The predicted octanol–water partition coefficient (Wildman–Crippen LogP) is 2.57. The lowest BCUT2D eigenvalue weighted by atomic mass is 9.96. The Morgan fingerprint density at radius 1 is 1.40 bits per heavy atom. The lowest BCUT2D eigenvalue weighted by Gasteiger charge is -2.18. The summed E-state index contributed by atoms with van der Waals surface area (Å²) in [6, 6.07) is 6.60. The van der Waals surface area contributed by atoms with Crippen LogP contribution in [0.3, 0.4) is 0 Å². The molecule has 2 nitrogen and oxygen atoms in total. The van der Waals surface area contributed by atoms with E-state index in [1.54, 1.807) is 12.1 Å². The lowest BCUT2D eigenvalue weighted by Crippen LogP contribution is -2.34. The molecule has 0 saturated carbocycles. The summed E-state index contributed by atoms with van der Waals surface area (Å²) in [4.78, 5) is 0. The molecule has 0 amide bonds. The van der Waals surface area contributed by atoms with E-state index < -0.39 is 6.61 Å². The fourth-order valence-electron chi connectivity index (χ4n) is 1.36. The van der Waals surface area contributed by atoms with Crippen LogP contribution in [0.5, 0.6) is 5.75 Å². The van der Waals surface area contributed by atoms with Crippen molar-refractivity contribution in [1.29, 1.82) is 0 Å². The molecule has 4 heteroatoms. The molecular weight excluding hydrogens is 200 g/mol. The van der Waals surface area contributed by atoms with Crippen LogP contribution in [-0.2, 0) is 6.42 Å². The summed E-state index contributed by atoms with van der Waals surface area (Å²) in [6.07, 6.45) is 0.618. The SMILES string of the molecule is CC(C)(N)Cc1cccc(OC(F)F)c1. The van der Waals surface area contributed by atoms with E-state index in [0.717, 1.165) is 5.56 Å². The highest BCUT2D eigenvalue weighted by Crippen LogP contribution is 2.18. The Morgan fingerprint density at radius 3 is 2.60 bits per heavy atom. The van der Waals surface area contributed by atoms with Crippen LogP contribution in [0, 0.1) is 0 Å². The molecule has 1 aromatic carbocycles. The third kappa shape index (κ3) is 4.74. The van der Waals surface area contributed by atoms with Gasteiger partial charge in [0, 0.05) is 5.54 Å². The first-order valence-corrected chi connectivity index (χ1v) is 4.69. The van der Waals surface area contributed by atoms with E-state index in [9.17, 15) is 8.78 Å². The summed E-state index contributed by atoms with van der Waals surface area (Å²) in [7, 11) is 0. The first kappa shape index (κ1) is 11.9. The molecule has 0 saturated heterocycles. The zero-order chi connectivity index (χ0) is 11.5. The average Bonchev–Trinajstić information content (AvgIpc) is 1.99. The third-order valence-electron chi connectivity index (χ3n) is 1.78. The minimum absolute atomic E-state index is 0.173. The average molecular weight is 215 g/mol. The second-order valence-electron chi connectivity index (χ2n) is 4.19. The molecule has 0 radical (unpaired) electrons. The summed E-state index contributed by atoms with van der Waals surface area (Å²) in [5.74, 6) is 0.173. The Balaban J connectivity index is 2.74. The van der Waals surface area contributed by atoms with E-state index in [0.29, 0.717) is 6.42 Å². The van der Waals surface area contributed by atoms with Crippen molar-refractivity contribution in [2.45, 2.75) is 32.4 Å². The van der Waals surface area contributed by atoms with Gasteiger partial charge in [-0.25, -0.2) is 0 Å². The maximum Gasteiger partial charge on any atom is 0.387 e. The Bertz CT molecular complexity index is 321. The van der Waals surface area contributed by atoms with Gasteiger partial charge in [0.25, 0.3) is 0 Å². The molecule has 2 N–H and O–H groups in total. The Labute approximate surface area is 88.0 Å². The van der Waals surface area contributed by atoms with Gasteiger partial charge in [-0.2, -0.15) is 8.78 Å². The highest BCUT2D eigenvalue weighted by Gasteiger charge is 2.12.